The van der Waals surface area contributed by atoms with Gasteiger partial charge in [-0.3, -0.25) is 0 Å². The van der Waals surface area contributed by atoms with Gasteiger partial charge in [-0.05, 0) is 18.1 Å². The van der Waals surface area contributed by atoms with Crippen molar-refractivity contribution < 1.29 is 0 Å². The Hall–Kier alpha value is -1.98. The molecule has 0 spiro atoms. The van der Waals surface area contributed by atoms with E-state index in [0.29, 0.717) is 12.5 Å². The van der Waals surface area contributed by atoms with E-state index in [1.54, 1.807) is 11.3 Å². The minimum atomic E-state index is 0.429. The van der Waals surface area contributed by atoms with Crippen LogP contribution in [0.5, 0.6) is 0 Å². The summed E-state index contributed by atoms with van der Waals surface area (Å²) in [5.41, 5.74) is 8.83. The fraction of sp³-hybridized carbons (Fsp3) is 0.250. The molecule has 0 saturated heterocycles. The molecule has 0 atom stereocenters. The zero-order chi connectivity index (χ0) is 14.8. The first-order valence-corrected chi connectivity index (χ1v) is 7.81. The monoisotopic (exact) mass is 298 g/mol. The standard InChI is InChI=1S/C16H18N4S/c1-11(2)16-15(19-14(8-17)21-16)12-9-18-20(10-12)13-6-4-3-5-7-13/h3-7,9-11H,8,17H2,1-2H3. The highest BCUT2D eigenvalue weighted by Gasteiger charge is 2.16. The lowest BCUT2D eigenvalue weighted by atomic mass is 10.1. The van der Waals surface area contributed by atoms with Crippen molar-refractivity contribution in [2.24, 2.45) is 5.73 Å². The van der Waals surface area contributed by atoms with Gasteiger partial charge in [-0.1, -0.05) is 32.0 Å². The Bertz CT molecular complexity index is 728. The molecule has 2 heterocycles. The first-order valence-electron chi connectivity index (χ1n) is 6.99. The second kappa shape index (κ2) is 5.79. The Morgan fingerprint density at radius 2 is 2.00 bits per heavy atom. The minimum Gasteiger partial charge on any atom is -0.325 e. The van der Waals surface area contributed by atoms with Crippen molar-refractivity contribution in [2.45, 2.75) is 26.3 Å². The second-order valence-electron chi connectivity index (χ2n) is 5.19. The molecule has 0 radical (unpaired) electrons. The van der Waals surface area contributed by atoms with E-state index < -0.39 is 0 Å². The van der Waals surface area contributed by atoms with Gasteiger partial charge in [-0.15, -0.1) is 11.3 Å². The summed E-state index contributed by atoms with van der Waals surface area (Å²) >= 11 is 1.69. The number of rotatable bonds is 4. The van der Waals surface area contributed by atoms with Crippen LogP contribution in [0.15, 0.2) is 42.7 Å². The molecule has 21 heavy (non-hydrogen) atoms. The van der Waals surface area contributed by atoms with E-state index in [-0.39, 0.29) is 0 Å². The van der Waals surface area contributed by atoms with E-state index in [9.17, 15) is 0 Å². The lowest BCUT2D eigenvalue weighted by Gasteiger charge is -2.03. The average Bonchev–Trinajstić information content (AvgIpc) is 3.14. The number of thiazole rings is 1. The molecule has 1 aromatic carbocycles. The van der Waals surface area contributed by atoms with Gasteiger partial charge in [0.15, 0.2) is 0 Å². The third-order valence-corrected chi connectivity index (χ3v) is 4.65. The molecule has 0 bridgehead atoms. The molecule has 0 fully saturated rings. The summed E-state index contributed by atoms with van der Waals surface area (Å²) in [6, 6.07) is 10.1. The Morgan fingerprint density at radius 1 is 1.24 bits per heavy atom. The van der Waals surface area contributed by atoms with E-state index >= 15 is 0 Å². The van der Waals surface area contributed by atoms with Gasteiger partial charge in [-0.25, -0.2) is 9.67 Å². The maximum Gasteiger partial charge on any atom is 0.107 e. The first kappa shape index (κ1) is 14.0. The van der Waals surface area contributed by atoms with Gasteiger partial charge in [0.1, 0.15) is 5.01 Å². The van der Waals surface area contributed by atoms with Crippen molar-refractivity contribution in [2.75, 3.05) is 0 Å². The highest BCUT2D eigenvalue weighted by atomic mass is 32.1. The summed E-state index contributed by atoms with van der Waals surface area (Å²) in [6.07, 6.45) is 3.89. The van der Waals surface area contributed by atoms with Gasteiger partial charge in [0.25, 0.3) is 0 Å². The zero-order valence-electron chi connectivity index (χ0n) is 12.2. The summed E-state index contributed by atoms with van der Waals surface area (Å²) in [4.78, 5) is 5.93. The Morgan fingerprint density at radius 3 is 2.67 bits per heavy atom. The van der Waals surface area contributed by atoms with Gasteiger partial charge in [0.2, 0.25) is 0 Å². The van der Waals surface area contributed by atoms with E-state index in [0.717, 1.165) is 22.0 Å². The molecule has 0 saturated carbocycles. The third-order valence-electron chi connectivity index (χ3n) is 3.27. The van der Waals surface area contributed by atoms with Gasteiger partial charge in [-0.2, -0.15) is 5.10 Å². The van der Waals surface area contributed by atoms with Crippen LogP contribution in [0.2, 0.25) is 0 Å². The second-order valence-corrected chi connectivity index (χ2v) is 6.30. The summed E-state index contributed by atoms with van der Waals surface area (Å²) in [5, 5.41) is 5.42. The molecule has 0 unspecified atom stereocenters. The predicted molar refractivity (Wildman–Crippen MR) is 86.7 cm³/mol. The van der Waals surface area contributed by atoms with Crippen LogP contribution in [-0.2, 0) is 6.54 Å². The molecular weight excluding hydrogens is 280 g/mol. The van der Waals surface area contributed by atoms with Crippen LogP contribution in [0, 0.1) is 0 Å². The van der Waals surface area contributed by atoms with Crippen LogP contribution in [0.3, 0.4) is 0 Å². The van der Waals surface area contributed by atoms with Crippen LogP contribution in [-0.4, -0.2) is 14.8 Å². The maximum atomic E-state index is 5.73. The van der Waals surface area contributed by atoms with E-state index in [2.05, 4.69) is 23.9 Å². The molecule has 3 aromatic rings. The highest BCUT2D eigenvalue weighted by molar-refractivity contribution is 7.12. The van der Waals surface area contributed by atoms with Crippen molar-refractivity contribution in [1.29, 1.82) is 0 Å². The smallest absolute Gasteiger partial charge is 0.107 e. The first-order chi connectivity index (χ1) is 10.2. The molecule has 3 rings (SSSR count). The molecule has 0 amide bonds. The van der Waals surface area contributed by atoms with Crippen LogP contribution in [0.1, 0.15) is 29.7 Å². The molecule has 2 N–H and O–H groups in total. The summed E-state index contributed by atoms with van der Waals surface area (Å²) in [7, 11) is 0. The number of hydrogen-bond acceptors (Lipinski definition) is 4. The fourth-order valence-corrected chi connectivity index (χ4v) is 3.20. The van der Waals surface area contributed by atoms with Crippen molar-refractivity contribution in [3.63, 3.8) is 0 Å². The number of aromatic nitrogens is 3. The number of benzene rings is 1. The summed E-state index contributed by atoms with van der Waals surface area (Å²) < 4.78 is 1.88. The molecular formula is C16H18N4S. The maximum absolute atomic E-state index is 5.73. The van der Waals surface area contributed by atoms with Gasteiger partial charge in [0.05, 0.1) is 17.6 Å². The Labute approximate surface area is 128 Å². The van der Waals surface area contributed by atoms with Gasteiger partial charge in [0, 0.05) is 23.2 Å². The van der Waals surface area contributed by atoms with Crippen molar-refractivity contribution in [3.8, 4) is 16.9 Å². The SMILES string of the molecule is CC(C)c1sc(CN)nc1-c1cnn(-c2ccccc2)c1. The van der Waals surface area contributed by atoms with Crippen molar-refractivity contribution in [3.05, 3.63) is 52.6 Å². The normalized spacial score (nSPS) is 11.2. The lowest BCUT2D eigenvalue weighted by molar-refractivity contribution is 0.880. The number of hydrogen-bond donors (Lipinski definition) is 1. The van der Waals surface area contributed by atoms with E-state index in [1.807, 2.05) is 47.4 Å². The third kappa shape index (κ3) is 2.75. The van der Waals surface area contributed by atoms with Crippen molar-refractivity contribution >= 4 is 11.3 Å². The molecule has 2 aromatic heterocycles. The molecule has 4 nitrogen and oxygen atoms in total. The zero-order valence-corrected chi connectivity index (χ0v) is 13.0. The quantitative estimate of drug-likeness (QED) is 0.801. The van der Waals surface area contributed by atoms with Crippen LogP contribution in [0.25, 0.3) is 16.9 Å². The topological polar surface area (TPSA) is 56.7 Å². The number of nitrogens with zero attached hydrogens (tertiary/aromatic N) is 3. The number of nitrogens with two attached hydrogens (primary N) is 1. The lowest BCUT2D eigenvalue weighted by Crippen LogP contribution is -1.94. The molecule has 108 valence electrons. The van der Waals surface area contributed by atoms with Crippen LogP contribution < -0.4 is 5.73 Å². The largest absolute Gasteiger partial charge is 0.325 e. The minimum absolute atomic E-state index is 0.429. The fourth-order valence-electron chi connectivity index (χ4n) is 2.23. The van der Waals surface area contributed by atoms with E-state index in [4.69, 9.17) is 5.73 Å². The van der Waals surface area contributed by atoms with Crippen molar-refractivity contribution in [1.82, 2.24) is 14.8 Å². The molecule has 0 aliphatic carbocycles. The van der Waals surface area contributed by atoms with Gasteiger partial charge < -0.3 is 5.73 Å². The molecule has 0 aliphatic rings. The Kier molecular flexibility index (Phi) is 3.86. The molecule has 5 heteroatoms. The van der Waals surface area contributed by atoms with Crippen LogP contribution >= 0.6 is 11.3 Å². The highest BCUT2D eigenvalue weighted by Crippen LogP contribution is 2.33. The summed E-state index contributed by atoms with van der Waals surface area (Å²) in [5.74, 6) is 0.429. The van der Waals surface area contributed by atoms with Gasteiger partial charge >= 0.3 is 0 Å². The molecule has 0 aliphatic heterocycles. The van der Waals surface area contributed by atoms with Crippen LogP contribution in [0.4, 0.5) is 0 Å². The van der Waals surface area contributed by atoms with E-state index in [1.165, 1.54) is 4.88 Å². The predicted octanol–water partition coefficient (Wildman–Crippen LogP) is 3.58. The number of para-hydroxylation sites is 1. The average molecular weight is 298 g/mol. The summed E-state index contributed by atoms with van der Waals surface area (Å²) in [6.45, 7) is 4.84. The Balaban J connectivity index is 2.02.